The van der Waals surface area contributed by atoms with Gasteiger partial charge in [0.25, 0.3) is 0 Å². The summed E-state index contributed by atoms with van der Waals surface area (Å²) >= 11 is 5.97. The zero-order valence-electron chi connectivity index (χ0n) is 13.3. The minimum atomic E-state index is 0.133. The number of carbonyl (C=O) groups excluding carboxylic acids is 1. The summed E-state index contributed by atoms with van der Waals surface area (Å²) in [6, 6.07) is 15.6. The van der Waals surface area contributed by atoms with Crippen molar-refractivity contribution in [1.29, 1.82) is 0 Å². The topological polar surface area (TPSA) is 47.3 Å². The van der Waals surface area contributed by atoms with Gasteiger partial charge in [-0.15, -0.1) is 0 Å². The van der Waals surface area contributed by atoms with Crippen molar-refractivity contribution in [2.75, 3.05) is 0 Å². The number of para-hydroxylation sites is 2. The van der Waals surface area contributed by atoms with E-state index in [1.54, 1.807) is 0 Å². The van der Waals surface area contributed by atoms with Gasteiger partial charge in [-0.05, 0) is 42.2 Å². The molecule has 0 spiro atoms. The molecule has 1 aliphatic carbocycles. The lowest BCUT2D eigenvalue weighted by molar-refractivity contribution is 0.0962. The molecule has 4 nitrogen and oxygen atoms in total. The number of fused-ring (bicyclic) bond motifs is 4. The summed E-state index contributed by atoms with van der Waals surface area (Å²) in [4.78, 5) is 22.0. The zero-order chi connectivity index (χ0) is 17.0. The van der Waals surface area contributed by atoms with Crippen LogP contribution in [0, 0.1) is 0 Å². The Balaban J connectivity index is 1.63. The van der Waals surface area contributed by atoms with E-state index in [0.29, 0.717) is 22.8 Å². The maximum atomic E-state index is 12.7. The van der Waals surface area contributed by atoms with Crippen molar-refractivity contribution in [3.63, 3.8) is 0 Å². The Morgan fingerprint density at radius 1 is 1.00 bits per heavy atom. The summed E-state index contributed by atoms with van der Waals surface area (Å²) in [5.74, 6) is 0.912. The lowest BCUT2D eigenvalue weighted by Crippen LogP contribution is -2.21. The number of halogens is 1. The van der Waals surface area contributed by atoms with Crippen LogP contribution in [0.1, 0.15) is 34.0 Å². The van der Waals surface area contributed by atoms with Gasteiger partial charge in [0.05, 0.1) is 22.3 Å². The predicted molar refractivity (Wildman–Crippen MR) is 97.3 cm³/mol. The molecule has 0 aliphatic heterocycles. The highest BCUT2D eigenvalue weighted by Gasteiger charge is 2.28. The molecule has 0 unspecified atom stereocenters. The Kier molecular flexibility index (Phi) is 3.15. The number of ketones is 1. The summed E-state index contributed by atoms with van der Waals surface area (Å²) < 4.78 is 1.91. The summed E-state index contributed by atoms with van der Waals surface area (Å²) in [5, 5.41) is 0.704. The quantitative estimate of drug-likeness (QED) is 0.511. The van der Waals surface area contributed by atoms with Crippen LogP contribution in [0.2, 0.25) is 5.02 Å². The lowest BCUT2D eigenvalue weighted by Gasteiger charge is -2.23. The van der Waals surface area contributed by atoms with Gasteiger partial charge in [-0.25, -0.2) is 9.97 Å². The molecule has 2 aromatic heterocycles. The lowest BCUT2D eigenvalue weighted by atomic mass is 9.82. The molecule has 4 aromatic rings. The van der Waals surface area contributed by atoms with Gasteiger partial charge in [0, 0.05) is 17.6 Å². The van der Waals surface area contributed by atoms with Crippen molar-refractivity contribution in [1.82, 2.24) is 14.4 Å². The molecule has 1 aliphatic rings. The van der Waals surface area contributed by atoms with Crippen LogP contribution < -0.4 is 0 Å². The van der Waals surface area contributed by atoms with Crippen molar-refractivity contribution in [3.8, 4) is 0 Å². The molecule has 0 fully saturated rings. The fraction of sp³-hybridized carbons (Fsp3) is 0.150. The third-order valence-electron chi connectivity index (χ3n) is 4.89. The number of benzene rings is 2. The van der Waals surface area contributed by atoms with Crippen LogP contribution in [0.3, 0.4) is 0 Å². The van der Waals surface area contributed by atoms with Crippen LogP contribution in [0.5, 0.6) is 0 Å². The summed E-state index contributed by atoms with van der Waals surface area (Å²) in [5.41, 5.74) is 4.53. The molecule has 2 aromatic carbocycles. The molecule has 0 bridgehead atoms. The van der Waals surface area contributed by atoms with Crippen molar-refractivity contribution >= 4 is 34.2 Å². The highest BCUT2D eigenvalue weighted by atomic mass is 35.5. The van der Waals surface area contributed by atoms with Gasteiger partial charge in [0.1, 0.15) is 0 Å². The van der Waals surface area contributed by atoms with E-state index in [2.05, 4.69) is 4.98 Å². The monoisotopic (exact) mass is 347 g/mol. The van der Waals surface area contributed by atoms with Crippen LogP contribution in [0.15, 0.2) is 54.7 Å². The van der Waals surface area contributed by atoms with E-state index in [0.717, 1.165) is 28.7 Å². The first-order valence-corrected chi connectivity index (χ1v) is 8.62. The summed E-state index contributed by atoms with van der Waals surface area (Å²) in [7, 11) is 0. The third kappa shape index (κ3) is 2.33. The average molecular weight is 348 g/mol. The fourth-order valence-electron chi connectivity index (χ4n) is 3.62. The van der Waals surface area contributed by atoms with Gasteiger partial charge in [0.15, 0.2) is 5.78 Å². The van der Waals surface area contributed by atoms with Gasteiger partial charge >= 0.3 is 0 Å². The molecule has 2 heterocycles. The zero-order valence-corrected chi connectivity index (χ0v) is 14.1. The first-order valence-electron chi connectivity index (χ1n) is 8.24. The third-order valence-corrected chi connectivity index (χ3v) is 5.15. The van der Waals surface area contributed by atoms with Crippen molar-refractivity contribution in [2.45, 2.75) is 18.8 Å². The highest BCUT2D eigenvalue weighted by molar-refractivity contribution is 6.30. The smallest absolute Gasteiger partial charge is 0.235 e. The average Bonchev–Trinajstić information content (AvgIpc) is 2.98. The molecule has 5 rings (SSSR count). The first-order chi connectivity index (χ1) is 12.2. The molecule has 0 N–H and O–H groups in total. The molecule has 122 valence electrons. The van der Waals surface area contributed by atoms with Crippen LogP contribution in [0.4, 0.5) is 0 Å². The summed E-state index contributed by atoms with van der Waals surface area (Å²) in [6.07, 6.45) is 3.13. The van der Waals surface area contributed by atoms with E-state index >= 15 is 0 Å². The molecular formula is C20H14ClN3O. The molecule has 25 heavy (non-hydrogen) atoms. The second kappa shape index (κ2) is 5.39. The first kappa shape index (κ1) is 14.6. The number of aromatic nitrogens is 3. The van der Waals surface area contributed by atoms with E-state index < -0.39 is 0 Å². The Hall–Kier alpha value is -2.72. The SMILES string of the molecule is O=C1C[C@H](c2ccc(Cl)cc2)Cc2nc3nc4ccccc4n3cc21. The van der Waals surface area contributed by atoms with E-state index in [9.17, 15) is 4.79 Å². The van der Waals surface area contributed by atoms with Crippen LogP contribution in [0.25, 0.3) is 16.8 Å². The molecule has 0 radical (unpaired) electrons. The number of Topliss-reactive ketones (excluding diaryl/α,β-unsaturated/α-hetero) is 1. The van der Waals surface area contributed by atoms with Gasteiger partial charge in [-0.2, -0.15) is 0 Å². The number of hydrogen-bond acceptors (Lipinski definition) is 3. The standard InChI is InChI=1S/C20H14ClN3O/c21-14-7-5-12(6-8-14)13-9-17-15(19(25)10-13)11-24-18-4-2-1-3-16(18)22-20(24)23-17/h1-8,11,13H,9-10H2/t13-/m1/s1. The van der Waals surface area contributed by atoms with Crippen LogP contribution in [-0.4, -0.2) is 20.2 Å². The van der Waals surface area contributed by atoms with Crippen molar-refractivity contribution in [3.05, 3.63) is 76.6 Å². The van der Waals surface area contributed by atoms with Crippen LogP contribution >= 0.6 is 11.6 Å². The van der Waals surface area contributed by atoms with E-state index in [1.165, 1.54) is 0 Å². The van der Waals surface area contributed by atoms with Gasteiger partial charge in [-0.3, -0.25) is 9.20 Å². The second-order valence-corrected chi connectivity index (χ2v) is 6.89. The molecule has 1 atom stereocenters. The van der Waals surface area contributed by atoms with E-state index in [1.807, 2.05) is 59.1 Å². The van der Waals surface area contributed by atoms with Crippen LogP contribution in [-0.2, 0) is 6.42 Å². The van der Waals surface area contributed by atoms with Gasteiger partial charge < -0.3 is 0 Å². The van der Waals surface area contributed by atoms with E-state index in [4.69, 9.17) is 16.6 Å². The maximum absolute atomic E-state index is 12.7. The summed E-state index contributed by atoms with van der Waals surface area (Å²) in [6.45, 7) is 0. The van der Waals surface area contributed by atoms with Gasteiger partial charge in [0.2, 0.25) is 5.78 Å². The Morgan fingerprint density at radius 3 is 2.64 bits per heavy atom. The maximum Gasteiger partial charge on any atom is 0.235 e. The number of carbonyl (C=O) groups is 1. The minimum absolute atomic E-state index is 0.133. The molecule has 0 amide bonds. The molecular weight excluding hydrogens is 334 g/mol. The molecule has 0 saturated heterocycles. The second-order valence-electron chi connectivity index (χ2n) is 6.45. The Bertz CT molecular complexity index is 1130. The van der Waals surface area contributed by atoms with Crippen molar-refractivity contribution in [2.24, 2.45) is 0 Å². The Morgan fingerprint density at radius 2 is 1.80 bits per heavy atom. The number of imidazole rings is 1. The molecule has 5 heteroatoms. The van der Waals surface area contributed by atoms with Crippen molar-refractivity contribution < 1.29 is 4.79 Å². The number of nitrogens with zero attached hydrogens (tertiary/aromatic N) is 3. The fourth-order valence-corrected chi connectivity index (χ4v) is 3.75. The largest absolute Gasteiger partial charge is 0.294 e. The normalized spacial score (nSPS) is 17.2. The highest BCUT2D eigenvalue weighted by Crippen LogP contribution is 2.33. The molecule has 0 saturated carbocycles. The van der Waals surface area contributed by atoms with Gasteiger partial charge in [-0.1, -0.05) is 35.9 Å². The predicted octanol–water partition coefficient (Wildman–Crippen LogP) is 4.45. The number of rotatable bonds is 1. The van der Waals surface area contributed by atoms with E-state index in [-0.39, 0.29) is 11.7 Å². The minimum Gasteiger partial charge on any atom is -0.294 e. The number of hydrogen-bond donors (Lipinski definition) is 0. The Labute approximate surface area is 149 Å².